The van der Waals surface area contributed by atoms with Crippen molar-refractivity contribution >= 4 is 23.5 Å². The number of nitriles is 1. The summed E-state index contributed by atoms with van der Waals surface area (Å²) in [5.41, 5.74) is -0.976. The summed E-state index contributed by atoms with van der Waals surface area (Å²) in [5.74, 6) is -0.762. The van der Waals surface area contributed by atoms with Gasteiger partial charge in [0.2, 0.25) is 0 Å². The van der Waals surface area contributed by atoms with Gasteiger partial charge in [-0.3, -0.25) is 0 Å². The number of ether oxygens (including phenoxy) is 1. The number of halogens is 2. The second-order valence-corrected chi connectivity index (χ2v) is 8.07. The van der Waals surface area contributed by atoms with Gasteiger partial charge >= 0.3 is 6.09 Å². The first-order valence-corrected chi connectivity index (χ1v) is 8.21. The van der Waals surface area contributed by atoms with E-state index in [1.54, 1.807) is 26.8 Å². The molecule has 1 unspecified atom stereocenters. The van der Waals surface area contributed by atoms with Gasteiger partial charge in [0.15, 0.2) is 11.6 Å². The molecule has 0 bridgehead atoms. The first-order valence-electron chi connectivity index (χ1n) is 7.83. The van der Waals surface area contributed by atoms with Crippen molar-refractivity contribution < 1.29 is 13.9 Å². The normalized spacial score (nSPS) is 12.9. The maximum absolute atomic E-state index is 14.1. The van der Waals surface area contributed by atoms with E-state index in [1.807, 2.05) is 20.8 Å². The number of carbonyl (C=O) groups is 1. The summed E-state index contributed by atoms with van der Waals surface area (Å²) in [6.45, 7) is 11.3. The molecule has 1 aromatic heterocycles. The lowest BCUT2D eigenvalue weighted by Gasteiger charge is -2.32. The van der Waals surface area contributed by atoms with Crippen molar-refractivity contribution in [3.8, 4) is 6.07 Å². The first kappa shape index (κ1) is 21.0. The molecule has 1 heterocycles. The first-order chi connectivity index (χ1) is 11.3. The molecule has 1 rings (SSSR count). The van der Waals surface area contributed by atoms with Crippen LogP contribution < -0.4 is 10.6 Å². The number of alkyl carbamates (subject to hydrolysis) is 1. The van der Waals surface area contributed by atoms with Crippen molar-refractivity contribution in [1.82, 2.24) is 10.3 Å². The highest BCUT2D eigenvalue weighted by atomic mass is 35.5. The van der Waals surface area contributed by atoms with Crippen LogP contribution in [0.15, 0.2) is 6.07 Å². The molecule has 138 valence electrons. The highest BCUT2D eigenvalue weighted by molar-refractivity contribution is 6.30. The molecule has 0 aliphatic heterocycles. The zero-order valence-electron chi connectivity index (χ0n) is 15.3. The molecule has 0 radical (unpaired) electrons. The van der Waals surface area contributed by atoms with Crippen molar-refractivity contribution in [1.29, 1.82) is 5.26 Å². The SMILES string of the molecule is CC(C)(C)OC(=O)NCC(Nc1nc(Cl)c(C#N)cc1F)C(C)(C)C. The topological polar surface area (TPSA) is 87.0 Å². The molecule has 2 N–H and O–H groups in total. The number of aromatic nitrogens is 1. The van der Waals surface area contributed by atoms with Gasteiger partial charge in [-0.2, -0.15) is 5.26 Å². The van der Waals surface area contributed by atoms with Crippen molar-refractivity contribution in [3.63, 3.8) is 0 Å². The fraction of sp³-hybridized carbons (Fsp3) is 0.588. The van der Waals surface area contributed by atoms with Crippen LogP contribution >= 0.6 is 11.6 Å². The number of amides is 1. The molecule has 25 heavy (non-hydrogen) atoms. The summed E-state index contributed by atoms with van der Waals surface area (Å²) in [4.78, 5) is 15.7. The lowest BCUT2D eigenvalue weighted by molar-refractivity contribution is 0.0520. The van der Waals surface area contributed by atoms with Crippen LogP contribution in [0.1, 0.15) is 47.1 Å². The quantitative estimate of drug-likeness (QED) is 0.779. The van der Waals surface area contributed by atoms with E-state index in [0.717, 1.165) is 6.07 Å². The second-order valence-electron chi connectivity index (χ2n) is 7.71. The number of rotatable bonds is 4. The highest BCUT2D eigenvalue weighted by Crippen LogP contribution is 2.25. The molecule has 0 spiro atoms. The van der Waals surface area contributed by atoms with E-state index < -0.39 is 17.5 Å². The third-order valence-corrected chi connectivity index (χ3v) is 3.54. The minimum Gasteiger partial charge on any atom is -0.444 e. The Balaban J connectivity index is 2.90. The van der Waals surface area contributed by atoms with Gasteiger partial charge in [0.25, 0.3) is 0 Å². The minimum absolute atomic E-state index is 0.0381. The van der Waals surface area contributed by atoms with Crippen LogP contribution in [0.4, 0.5) is 15.0 Å². The number of hydrogen-bond acceptors (Lipinski definition) is 5. The molecule has 0 aliphatic carbocycles. The van der Waals surface area contributed by atoms with Crippen LogP contribution in [0, 0.1) is 22.6 Å². The predicted octanol–water partition coefficient (Wildman–Crippen LogP) is 4.10. The monoisotopic (exact) mass is 370 g/mol. The van der Waals surface area contributed by atoms with Crippen LogP contribution in [-0.2, 0) is 4.74 Å². The molecule has 1 atom stereocenters. The van der Waals surface area contributed by atoms with Crippen molar-refractivity contribution in [2.24, 2.45) is 5.41 Å². The Labute approximate surface area is 152 Å². The summed E-state index contributed by atoms with van der Waals surface area (Å²) in [7, 11) is 0. The summed E-state index contributed by atoms with van der Waals surface area (Å²) < 4.78 is 19.3. The fourth-order valence-corrected chi connectivity index (χ4v) is 2.07. The second kappa shape index (κ2) is 7.87. The Bertz CT molecular complexity index is 675. The molecule has 1 aromatic rings. The van der Waals surface area contributed by atoms with Gasteiger partial charge in [0.05, 0.1) is 5.56 Å². The Morgan fingerprint density at radius 3 is 2.48 bits per heavy atom. The van der Waals surface area contributed by atoms with E-state index in [2.05, 4.69) is 15.6 Å². The molecular formula is C17H24ClFN4O2. The van der Waals surface area contributed by atoms with Crippen molar-refractivity contribution in [2.45, 2.75) is 53.2 Å². The molecule has 0 saturated carbocycles. The Morgan fingerprint density at radius 1 is 1.40 bits per heavy atom. The standard InChI is InChI=1S/C17H24ClFN4O2/c1-16(2,3)12(9-21-15(24)25-17(4,5)6)22-14-11(19)7-10(8-20)13(18)23-14/h7,12H,9H2,1-6H3,(H,21,24)(H,22,23). The summed E-state index contributed by atoms with van der Waals surface area (Å²) in [6.07, 6.45) is -0.560. The number of anilines is 1. The van der Waals surface area contributed by atoms with Crippen molar-refractivity contribution in [2.75, 3.05) is 11.9 Å². The van der Waals surface area contributed by atoms with Gasteiger partial charge in [-0.05, 0) is 32.3 Å². The van der Waals surface area contributed by atoms with E-state index in [4.69, 9.17) is 21.6 Å². The Kier molecular flexibility index (Phi) is 6.61. The molecule has 0 aliphatic rings. The molecule has 0 aromatic carbocycles. The zero-order chi connectivity index (χ0) is 19.4. The number of carbonyl (C=O) groups excluding carboxylic acids is 1. The Hall–Kier alpha value is -2.07. The fourth-order valence-electron chi connectivity index (χ4n) is 1.88. The number of nitrogens with zero attached hydrogens (tertiary/aromatic N) is 2. The van der Waals surface area contributed by atoms with Gasteiger partial charge in [-0.25, -0.2) is 14.2 Å². The smallest absolute Gasteiger partial charge is 0.407 e. The van der Waals surface area contributed by atoms with Crippen LogP contribution in [0.5, 0.6) is 0 Å². The minimum atomic E-state index is -0.688. The van der Waals surface area contributed by atoms with E-state index in [1.165, 1.54) is 0 Å². The number of hydrogen-bond donors (Lipinski definition) is 2. The van der Waals surface area contributed by atoms with E-state index in [9.17, 15) is 9.18 Å². The number of pyridine rings is 1. The number of nitrogens with one attached hydrogen (secondary N) is 2. The van der Waals surface area contributed by atoms with Gasteiger partial charge in [-0.15, -0.1) is 0 Å². The maximum atomic E-state index is 14.1. The van der Waals surface area contributed by atoms with Crippen LogP contribution in [0.3, 0.4) is 0 Å². The molecule has 1 amide bonds. The molecule has 8 heteroatoms. The molecule has 6 nitrogen and oxygen atoms in total. The van der Waals surface area contributed by atoms with Gasteiger partial charge in [0, 0.05) is 12.6 Å². The largest absolute Gasteiger partial charge is 0.444 e. The van der Waals surface area contributed by atoms with Gasteiger partial charge in [0.1, 0.15) is 16.8 Å². The Morgan fingerprint density at radius 2 is 2.00 bits per heavy atom. The molecule has 0 saturated heterocycles. The van der Waals surface area contributed by atoms with E-state index >= 15 is 0 Å². The lowest BCUT2D eigenvalue weighted by Crippen LogP contribution is -2.45. The van der Waals surface area contributed by atoms with Gasteiger partial charge in [-0.1, -0.05) is 32.4 Å². The zero-order valence-corrected chi connectivity index (χ0v) is 16.1. The average molecular weight is 371 g/mol. The summed E-state index contributed by atoms with van der Waals surface area (Å²) in [6, 6.07) is 2.44. The average Bonchev–Trinajstić information content (AvgIpc) is 2.43. The highest BCUT2D eigenvalue weighted by Gasteiger charge is 2.27. The molecule has 0 fully saturated rings. The van der Waals surface area contributed by atoms with Crippen molar-refractivity contribution in [3.05, 3.63) is 22.6 Å². The third kappa shape index (κ3) is 6.75. The third-order valence-electron chi connectivity index (χ3n) is 3.26. The van der Waals surface area contributed by atoms with Gasteiger partial charge < -0.3 is 15.4 Å². The predicted molar refractivity (Wildman–Crippen MR) is 95.0 cm³/mol. The van der Waals surface area contributed by atoms with Crippen LogP contribution in [0.2, 0.25) is 5.15 Å². The summed E-state index contributed by atoms with van der Waals surface area (Å²) >= 11 is 5.87. The van der Waals surface area contributed by atoms with Crippen LogP contribution in [0.25, 0.3) is 0 Å². The maximum Gasteiger partial charge on any atom is 0.407 e. The van der Waals surface area contributed by atoms with E-state index in [0.29, 0.717) is 0 Å². The summed E-state index contributed by atoms with van der Waals surface area (Å²) in [5, 5.41) is 14.4. The van der Waals surface area contributed by atoms with Crippen LogP contribution in [-0.4, -0.2) is 29.3 Å². The van der Waals surface area contributed by atoms with E-state index in [-0.39, 0.29) is 34.5 Å². The lowest BCUT2D eigenvalue weighted by atomic mass is 9.86. The molecular weight excluding hydrogens is 347 g/mol.